The van der Waals surface area contributed by atoms with Crippen LogP contribution in [0.5, 0.6) is 0 Å². The van der Waals surface area contributed by atoms with Crippen molar-refractivity contribution in [1.29, 1.82) is 0 Å². The molecule has 2 rings (SSSR count). The van der Waals surface area contributed by atoms with Gasteiger partial charge in [-0.05, 0) is 43.7 Å². The number of nitrogens with two attached hydrogens (primary N) is 1. The first-order chi connectivity index (χ1) is 9.86. The van der Waals surface area contributed by atoms with Crippen LogP contribution in [0.4, 0.5) is 0 Å². The minimum absolute atomic E-state index is 0.250. The zero-order chi connectivity index (χ0) is 15.5. The zero-order valence-electron chi connectivity index (χ0n) is 13.7. The average Bonchev–Trinajstić information content (AvgIpc) is 2.47. The SMILES string of the molecule is CN(CC(O)(CN)c1ccccc1)C1CCC(C)(C)CC1. The highest BCUT2D eigenvalue weighted by Gasteiger charge is 2.34. The van der Waals surface area contributed by atoms with Crippen LogP contribution in [-0.4, -0.2) is 36.2 Å². The van der Waals surface area contributed by atoms with E-state index >= 15 is 0 Å². The van der Waals surface area contributed by atoms with Gasteiger partial charge in [-0.25, -0.2) is 0 Å². The molecule has 1 aliphatic carbocycles. The maximum atomic E-state index is 10.9. The summed E-state index contributed by atoms with van der Waals surface area (Å²) in [6, 6.07) is 10.4. The molecule has 0 radical (unpaired) electrons. The fraction of sp³-hybridized carbons (Fsp3) is 0.667. The van der Waals surface area contributed by atoms with E-state index < -0.39 is 5.60 Å². The van der Waals surface area contributed by atoms with Crippen molar-refractivity contribution in [3.63, 3.8) is 0 Å². The molecule has 3 nitrogen and oxygen atoms in total. The minimum Gasteiger partial charge on any atom is -0.382 e. The summed E-state index contributed by atoms with van der Waals surface area (Å²) in [5, 5.41) is 10.9. The summed E-state index contributed by atoms with van der Waals surface area (Å²) in [6.45, 7) is 5.55. The zero-order valence-corrected chi connectivity index (χ0v) is 13.7. The van der Waals surface area contributed by atoms with E-state index in [1.165, 1.54) is 25.7 Å². The number of rotatable bonds is 5. The standard InChI is InChI=1S/C18H30N2O/c1-17(2)11-9-16(10-12-17)20(3)14-18(21,13-19)15-7-5-4-6-8-15/h4-8,16,21H,9-14,19H2,1-3H3. The Kier molecular flexibility index (Phi) is 5.07. The topological polar surface area (TPSA) is 49.5 Å². The Labute approximate surface area is 129 Å². The Hall–Kier alpha value is -0.900. The van der Waals surface area contributed by atoms with Gasteiger partial charge in [-0.15, -0.1) is 0 Å². The van der Waals surface area contributed by atoms with Crippen molar-refractivity contribution in [2.24, 2.45) is 11.1 Å². The van der Waals surface area contributed by atoms with E-state index in [1.54, 1.807) is 0 Å². The lowest BCUT2D eigenvalue weighted by atomic mass is 9.75. The molecule has 1 fully saturated rings. The van der Waals surface area contributed by atoms with Gasteiger partial charge >= 0.3 is 0 Å². The largest absolute Gasteiger partial charge is 0.382 e. The van der Waals surface area contributed by atoms with Gasteiger partial charge in [0, 0.05) is 19.1 Å². The summed E-state index contributed by atoms with van der Waals surface area (Å²) in [6.07, 6.45) is 4.93. The molecule has 0 saturated heterocycles. The summed E-state index contributed by atoms with van der Waals surface area (Å²) in [5.41, 5.74) is 6.31. The molecule has 1 aromatic rings. The van der Waals surface area contributed by atoms with Gasteiger partial charge in [0.25, 0.3) is 0 Å². The number of nitrogens with zero attached hydrogens (tertiary/aromatic N) is 1. The number of aliphatic hydroxyl groups is 1. The first kappa shape index (κ1) is 16.5. The Morgan fingerprint density at radius 2 is 1.81 bits per heavy atom. The van der Waals surface area contributed by atoms with E-state index in [0.29, 0.717) is 18.0 Å². The van der Waals surface area contributed by atoms with Gasteiger partial charge < -0.3 is 15.7 Å². The van der Waals surface area contributed by atoms with Crippen molar-refractivity contribution in [3.05, 3.63) is 35.9 Å². The second kappa shape index (κ2) is 6.47. The van der Waals surface area contributed by atoms with Crippen LogP contribution in [0.1, 0.15) is 45.1 Å². The first-order valence-corrected chi connectivity index (χ1v) is 8.04. The lowest BCUT2D eigenvalue weighted by Gasteiger charge is -2.41. The van der Waals surface area contributed by atoms with Gasteiger partial charge in [0.2, 0.25) is 0 Å². The van der Waals surface area contributed by atoms with Crippen LogP contribution >= 0.6 is 0 Å². The van der Waals surface area contributed by atoms with E-state index in [9.17, 15) is 5.11 Å². The third-order valence-electron chi connectivity index (χ3n) is 5.09. The minimum atomic E-state index is -0.955. The monoisotopic (exact) mass is 290 g/mol. The van der Waals surface area contributed by atoms with E-state index in [1.807, 2.05) is 30.3 Å². The van der Waals surface area contributed by atoms with Crippen LogP contribution in [-0.2, 0) is 5.60 Å². The molecule has 1 aliphatic rings. The van der Waals surface area contributed by atoms with Crippen LogP contribution < -0.4 is 5.73 Å². The van der Waals surface area contributed by atoms with Crippen molar-refractivity contribution in [2.45, 2.75) is 51.2 Å². The highest BCUT2D eigenvalue weighted by molar-refractivity contribution is 5.23. The van der Waals surface area contributed by atoms with E-state index in [4.69, 9.17) is 5.73 Å². The third kappa shape index (κ3) is 4.06. The predicted octanol–water partition coefficient (Wildman–Crippen LogP) is 2.73. The fourth-order valence-corrected chi connectivity index (χ4v) is 3.39. The number of likely N-dealkylation sites (N-methyl/N-ethyl adjacent to an activating group) is 1. The molecule has 1 saturated carbocycles. The lowest BCUT2D eigenvalue weighted by Crippen LogP contribution is -2.49. The smallest absolute Gasteiger partial charge is 0.114 e. The second-order valence-electron chi connectivity index (χ2n) is 7.41. The molecule has 1 aromatic carbocycles. The van der Waals surface area contributed by atoms with Crippen molar-refractivity contribution in [3.8, 4) is 0 Å². The summed E-state index contributed by atoms with van der Waals surface area (Å²) >= 11 is 0. The molecule has 3 N–H and O–H groups in total. The number of hydrogen-bond donors (Lipinski definition) is 2. The van der Waals surface area contributed by atoms with Gasteiger partial charge in [0.15, 0.2) is 0 Å². The van der Waals surface area contributed by atoms with Crippen molar-refractivity contribution < 1.29 is 5.11 Å². The van der Waals surface area contributed by atoms with Gasteiger partial charge in [-0.1, -0.05) is 44.2 Å². The third-order valence-corrected chi connectivity index (χ3v) is 5.09. The number of benzene rings is 1. The van der Waals surface area contributed by atoms with Gasteiger partial charge in [-0.2, -0.15) is 0 Å². The maximum absolute atomic E-state index is 10.9. The highest BCUT2D eigenvalue weighted by atomic mass is 16.3. The Balaban J connectivity index is 2.02. The van der Waals surface area contributed by atoms with Crippen molar-refractivity contribution in [2.75, 3.05) is 20.1 Å². The molecule has 1 atom stereocenters. The van der Waals surface area contributed by atoms with Gasteiger partial charge in [-0.3, -0.25) is 0 Å². The second-order valence-corrected chi connectivity index (χ2v) is 7.41. The molecule has 0 aromatic heterocycles. The summed E-state index contributed by atoms with van der Waals surface area (Å²) in [4.78, 5) is 2.30. The van der Waals surface area contributed by atoms with E-state index in [-0.39, 0.29) is 6.54 Å². The van der Waals surface area contributed by atoms with Crippen LogP contribution in [0.3, 0.4) is 0 Å². The van der Waals surface area contributed by atoms with Gasteiger partial charge in [0.05, 0.1) is 0 Å². The molecular formula is C18H30N2O. The maximum Gasteiger partial charge on any atom is 0.114 e. The first-order valence-electron chi connectivity index (χ1n) is 8.04. The molecule has 21 heavy (non-hydrogen) atoms. The van der Waals surface area contributed by atoms with Crippen molar-refractivity contribution in [1.82, 2.24) is 4.90 Å². The molecule has 1 unspecified atom stereocenters. The summed E-state index contributed by atoms with van der Waals surface area (Å²) < 4.78 is 0. The molecule has 3 heteroatoms. The Morgan fingerprint density at radius 3 is 2.33 bits per heavy atom. The number of hydrogen-bond acceptors (Lipinski definition) is 3. The molecule has 0 aliphatic heterocycles. The fourth-order valence-electron chi connectivity index (χ4n) is 3.39. The Bertz CT molecular complexity index is 436. The molecule has 0 heterocycles. The Morgan fingerprint density at radius 1 is 1.24 bits per heavy atom. The molecular weight excluding hydrogens is 260 g/mol. The predicted molar refractivity (Wildman–Crippen MR) is 88.1 cm³/mol. The van der Waals surface area contributed by atoms with Crippen LogP contribution in [0, 0.1) is 5.41 Å². The normalized spacial score (nSPS) is 22.2. The summed E-state index contributed by atoms with van der Waals surface area (Å²) in [7, 11) is 2.12. The molecule has 0 spiro atoms. The molecule has 0 bridgehead atoms. The summed E-state index contributed by atoms with van der Waals surface area (Å²) in [5.74, 6) is 0. The van der Waals surface area contributed by atoms with Crippen molar-refractivity contribution >= 4 is 0 Å². The van der Waals surface area contributed by atoms with Crippen LogP contribution in [0.2, 0.25) is 0 Å². The lowest BCUT2D eigenvalue weighted by molar-refractivity contribution is -0.00696. The average molecular weight is 290 g/mol. The van der Waals surface area contributed by atoms with E-state index in [0.717, 1.165) is 5.56 Å². The van der Waals surface area contributed by atoms with Crippen LogP contribution in [0.15, 0.2) is 30.3 Å². The van der Waals surface area contributed by atoms with Crippen LogP contribution in [0.25, 0.3) is 0 Å². The van der Waals surface area contributed by atoms with Gasteiger partial charge in [0.1, 0.15) is 5.60 Å². The van der Waals surface area contributed by atoms with E-state index in [2.05, 4.69) is 25.8 Å². The quantitative estimate of drug-likeness (QED) is 0.876. The molecule has 0 amide bonds. The highest BCUT2D eigenvalue weighted by Crippen LogP contribution is 2.37. The molecule has 118 valence electrons.